The highest BCUT2D eigenvalue weighted by atomic mass is 19.1. The summed E-state index contributed by atoms with van der Waals surface area (Å²) < 4.78 is 28.3. The minimum absolute atomic E-state index is 0.0494. The Morgan fingerprint density at radius 3 is 2.45 bits per heavy atom. The van der Waals surface area contributed by atoms with Gasteiger partial charge in [0.05, 0.1) is 5.56 Å². The SMILES string of the molecule is O=C(O)c1cc(F)c(N2CCCC3CCCC32)c(F)c1. The lowest BCUT2D eigenvalue weighted by Crippen LogP contribution is -2.43. The molecular formula is C15H17F2NO2. The molecule has 0 radical (unpaired) electrons. The number of aromatic carboxylic acids is 1. The zero-order chi connectivity index (χ0) is 14.3. The summed E-state index contributed by atoms with van der Waals surface area (Å²) in [6, 6.07) is 2.03. The Morgan fingerprint density at radius 2 is 1.80 bits per heavy atom. The predicted octanol–water partition coefficient (Wildman–Crippen LogP) is 3.43. The van der Waals surface area contributed by atoms with Gasteiger partial charge in [0.25, 0.3) is 0 Å². The van der Waals surface area contributed by atoms with Crippen LogP contribution in [0.3, 0.4) is 0 Å². The molecule has 1 aromatic carbocycles. The number of rotatable bonds is 2. The zero-order valence-electron chi connectivity index (χ0n) is 11.1. The van der Waals surface area contributed by atoms with E-state index in [1.807, 2.05) is 4.90 Å². The zero-order valence-corrected chi connectivity index (χ0v) is 11.1. The smallest absolute Gasteiger partial charge is 0.335 e. The van der Waals surface area contributed by atoms with Gasteiger partial charge in [0.1, 0.15) is 17.3 Å². The molecule has 0 amide bonds. The van der Waals surface area contributed by atoms with E-state index in [0.29, 0.717) is 12.5 Å². The fraction of sp³-hybridized carbons (Fsp3) is 0.533. The fourth-order valence-electron chi connectivity index (χ4n) is 3.69. The van der Waals surface area contributed by atoms with Crippen molar-refractivity contribution in [1.29, 1.82) is 0 Å². The maximum absolute atomic E-state index is 14.2. The molecule has 0 bridgehead atoms. The number of carboxylic acid groups (broad SMARTS) is 1. The first-order valence-electron chi connectivity index (χ1n) is 7.07. The van der Waals surface area contributed by atoms with Crippen molar-refractivity contribution in [2.75, 3.05) is 11.4 Å². The Hall–Kier alpha value is -1.65. The molecule has 3 nitrogen and oxygen atoms in total. The molecule has 2 atom stereocenters. The molecule has 108 valence electrons. The molecule has 0 spiro atoms. The first-order chi connectivity index (χ1) is 9.58. The summed E-state index contributed by atoms with van der Waals surface area (Å²) in [6.07, 6.45) is 5.24. The van der Waals surface area contributed by atoms with Crippen molar-refractivity contribution in [3.05, 3.63) is 29.3 Å². The quantitative estimate of drug-likeness (QED) is 0.902. The molecule has 1 N–H and O–H groups in total. The second-order valence-electron chi connectivity index (χ2n) is 5.69. The lowest BCUT2D eigenvalue weighted by atomic mass is 9.91. The topological polar surface area (TPSA) is 40.5 Å². The molecule has 2 aliphatic rings. The molecule has 20 heavy (non-hydrogen) atoms. The molecule has 1 heterocycles. The van der Waals surface area contributed by atoms with Crippen molar-refractivity contribution in [3.63, 3.8) is 0 Å². The van der Waals surface area contributed by atoms with E-state index >= 15 is 0 Å². The summed E-state index contributed by atoms with van der Waals surface area (Å²) in [4.78, 5) is 12.6. The van der Waals surface area contributed by atoms with Gasteiger partial charge in [0.2, 0.25) is 0 Å². The van der Waals surface area contributed by atoms with Gasteiger partial charge in [-0.3, -0.25) is 0 Å². The predicted molar refractivity (Wildman–Crippen MR) is 71.0 cm³/mol. The molecule has 3 rings (SSSR count). The van der Waals surface area contributed by atoms with E-state index in [9.17, 15) is 13.6 Å². The van der Waals surface area contributed by atoms with E-state index < -0.39 is 17.6 Å². The molecule has 1 saturated carbocycles. The number of benzene rings is 1. The van der Waals surface area contributed by atoms with Gasteiger partial charge in [0, 0.05) is 12.6 Å². The number of hydrogen-bond donors (Lipinski definition) is 1. The monoisotopic (exact) mass is 281 g/mol. The Bertz CT molecular complexity index is 524. The molecular weight excluding hydrogens is 264 g/mol. The van der Waals surface area contributed by atoms with E-state index in [-0.39, 0.29) is 17.3 Å². The van der Waals surface area contributed by atoms with Crippen LogP contribution in [0.4, 0.5) is 14.5 Å². The Balaban J connectivity index is 1.99. The van der Waals surface area contributed by atoms with Crippen molar-refractivity contribution < 1.29 is 18.7 Å². The molecule has 1 aliphatic carbocycles. The third-order valence-corrected chi connectivity index (χ3v) is 4.54. The van der Waals surface area contributed by atoms with Crippen molar-refractivity contribution >= 4 is 11.7 Å². The number of nitrogens with zero attached hydrogens (tertiary/aromatic N) is 1. The van der Waals surface area contributed by atoms with Crippen LogP contribution in [-0.4, -0.2) is 23.7 Å². The van der Waals surface area contributed by atoms with Gasteiger partial charge in [-0.05, 0) is 43.7 Å². The summed E-state index contributed by atoms with van der Waals surface area (Å²) in [5.41, 5.74) is -0.393. The number of halogens is 2. The largest absolute Gasteiger partial charge is 0.478 e. The number of fused-ring (bicyclic) bond motifs is 1. The van der Waals surface area contributed by atoms with E-state index in [0.717, 1.165) is 44.2 Å². The van der Waals surface area contributed by atoms with Gasteiger partial charge in [-0.1, -0.05) is 6.42 Å². The number of carbonyl (C=O) groups is 1. The maximum Gasteiger partial charge on any atom is 0.335 e. The van der Waals surface area contributed by atoms with E-state index in [1.165, 1.54) is 0 Å². The third-order valence-electron chi connectivity index (χ3n) is 4.54. The molecule has 2 unspecified atom stereocenters. The normalized spacial score (nSPS) is 25.6. The number of piperidine rings is 1. The lowest BCUT2D eigenvalue weighted by Gasteiger charge is -2.39. The van der Waals surface area contributed by atoms with Crippen LogP contribution in [0.2, 0.25) is 0 Å². The third kappa shape index (κ3) is 2.15. The van der Waals surface area contributed by atoms with Crippen molar-refractivity contribution in [1.82, 2.24) is 0 Å². The van der Waals surface area contributed by atoms with Crippen molar-refractivity contribution in [2.24, 2.45) is 5.92 Å². The highest BCUT2D eigenvalue weighted by Gasteiger charge is 2.37. The van der Waals surface area contributed by atoms with E-state index in [1.54, 1.807) is 0 Å². The lowest BCUT2D eigenvalue weighted by molar-refractivity contribution is 0.0695. The second kappa shape index (κ2) is 5.04. The fourth-order valence-corrected chi connectivity index (χ4v) is 3.69. The summed E-state index contributed by atoms with van der Waals surface area (Å²) >= 11 is 0. The highest BCUT2D eigenvalue weighted by Crippen LogP contribution is 2.40. The minimum Gasteiger partial charge on any atom is -0.478 e. The van der Waals surface area contributed by atoms with Crippen LogP contribution in [0.5, 0.6) is 0 Å². The molecule has 5 heteroatoms. The van der Waals surface area contributed by atoms with Gasteiger partial charge in [-0.2, -0.15) is 0 Å². The first kappa shape index (κ1) is 13.3. The highest BCUT2D eigenvalue weighted by molar-refractivity contribution is 5.88. The average molecular weight is 281 g/mol. The average Bonchev–Trinajstić information content (AvgIpc) is 2.86. The molecule has 1 aliphatic heterocycles. The minimum atomic E-state index is -1.31. The van der Waals surface area contributed by atoms with Crippen LogP contribution in [0.25, 0.3) is 0 Å². The van der Waals surface area contributed by atoms with Crippen LogP contribution in [0, 0.1) is 17.6 Å². The van der Waals surface area contributed by atoms with Crippen LogP contribution in [-0.2, 0) is 0 Å². The summed E-state index contributed by atoms with van der Waals surface area (Å²) in [5.74, 6) is -2.33. The standard InChI is InChI=1S/C15H17F2NO2/c16-11-7-10(15(19)20)8-12(17)14(11)18-6-2-4-9-3-1-5-13(9)18/h7-9,13H,1-6H2,(H,19,20). The Morgan fingerprint density at radius 1 is 1.15 bits per heavy atom. The van der Waals surface area contributed by atoms with Gasteiger partial charge < -0.3 is 10.0 Å². The molecule has 1 saturated heterocycles. The number of carboxylic acids is 1. The van der Waals surface area contributed by atoms with Gasteiger partial charge in [-0.15, -0.1) is 0 Å². The van der Waals surface area contributed by atoms with Crippen molar-refractivity contribution in [2.45, 2.75) is 38.1 Å². The maximum atomic E-state index is 14.2. The Labute approximate surface area is 116 Å². The van der Waals surface area contributed by atoms with Gasteiger partial charge >= 0.3 is 5.97 Å². The summed E-state index contributed by atoms with van der Waals surface area (Å²) in [5, 5.41) is 8.84. The molecule has 0 aromatic heterocycles. The van der Waals surface area contributed by atoms with Crippen LogP contribution < -0.4 is 4.90 Å². The molecule has 1 aromatic rings. The van der Waals surface area contributed by atoms with E-state index in [4.69, 9.17) is 5.11 Å². The Kier molecular flexibility index (Phi) is 3.36. The van der Waals surface area contributed by atoms with Crippen LogP contribution in [0.1, 0.15) is 42.5 Å². The van der Waals surface area contributed by atoms with Crippen LogP contribution in [0.15, 0.2) is 12.1 Å². The number of hydrogen-bond acceptors (Lipinski definition) is 2. The van der Waals surface area contributed by atoms with Gasteiger partial charge in [-0.25, -0.2) is 13.6 Å². The second-order valence-corrected chi connectivity index (χ2v) is 5.69. The summed E-state index contributed by atoms with van der Waals surface area (Å²) in [7, 11) is 0. The molecule has 2 fully saturated rings. The van der Waals surface area contributed by atoms with Gasteiger partial charge in [0.15, 0.2) is 0 Å². The first-order valence-corrected chi connectivity index (χ1v) is 7.07. The van der Waals surface area contributed by atoms with Crippen LogP contribution >= 0.6 is 0 Å². The number of anilines is 1. The van der Waals surface area contributed by atoms with Crippen molar-refractivity contribution in [3.8, 4) is 0 Å². The summed E-state index contributed by atoms with van der Waals surface area (Å²) in [6.45, 7) is 0.640. The van der Waals surface area contributed by atoms with E-state index in [2.05, 4.69) is 0 Å².